The monoisotopic (exact) mass is 385 g/mol. The van der Waals surface area contributed by atoms with Gasteiger partial charge in [0.2, 0.25) is 5.91 Å². The summed E-state index contributed by atoms with van der Waals surface area (Å²) in [7, 11) is 0. The number of rotatable bonds is 5. The minimum atomic E-state index is -0.472. The molecule has 2 aromatic heterocycles. The van der Waals surface area contributed by atoms with Crippen molar-refractivity contribution in [3.8, 4) is 5.69 Å². The largest absolute Gasteiger partial charge is 0.348 e. The number of hydrogen-bond acceptors (Lipinski definition) is 5. The summed E-state index contributed by atoms with van der Waals surface area (Å²) in [5.41, 5.74) is -0.266. The Morgan fingerprint density at radius 2 is 2.04 bits per heavy atom. The Labute approximate surface area is 159 Å². The van der Waals surface area contributed by atoms with Gasteiger partial charge in [-0.2, -0.15) is 10.2 Å². The summed E-state index contributed by atoms with van der Waals surface area (Å²) < 4.78 is 16.9. The van der Waals surface area contributed by atoms with Gasteiger partial charge in [0.1, 0.15) is 30.8 Å². The summed E-state index contributed by atoms with van der Waals surface area (Å²) in [4.78, 5) is 30.1. The number of likely N-dealkylation sites (tertiary alicyclic amines) is 1. The SMILES string of the molecule is O=C(Cn1cncn1)N1CCC(Cc2n[nH]c(=O)n2-c2ccccc2F)CC1. The molecule has 0 radical (unpaired) electrons. The summed E-state index contributed by atoms with van der Waals surface area (Å²) in [6, 6.07) is 6.13. The lowest BCUT2D eigenvalue weighted by atomic mass is 9.93. The van der Waals surface area contributed by atoms with Gasteiger partial charge in [-0.3, -0.25) is 4.79 Å². The van der Waals surface area contributed by atoms with Crippen molar-refractivity contribution in [3.05, 3.63) is 59.0 Å². The van der Waals surface area contributed by atoms with Crippen LogP contribution in [0.25, 0.3) is 5.69 Å². The molecule has 28 heavy (non-hydrogen) atoms. The molecule has 0 spiro atoms. The molecule has 9 nitrogen and oxygen atoms in total. The van der Waals surface area contributed by atoms with E-state index < -0.39 is 11.5 Å². The molecule has 3 aromatic rings. The summed E-state index contributed by atoms with van der Waals surface area (Å²) in [6.45, 7) is 1.44. The molecule has 10 heteroatoms. The van der Waals surface area contributed by atoms with Crippen LogP contribution in [0.3, 0.4) is 0 Å². The van der Waals surface area contributed by atoms with Gasteiger partial charge in [-0.25, -0.2) is 28.5 Å². The molecule has 1 saturated heterocycles. The zero-order chi connectivity index (χ0) is 19.5. The van der Waals surface area contributed by atoms with Crippen LogP contribution >= 0.6 is 0 Å². The van der Waals surface area contributed by atoms with Crippen LogP contribution in [0.4, 0.5) is 4.39 Å². The first kappa shape index (κ1) is 18.1. The van der Waals surface area contributed by atoms with Gasteiger partial charge in [0, 0.05) is 19.5 Å². The van der Waals surface area contributed by atoms with Crippen molar-refractivity contribution >= 4 is 5.91 Å². The van der Waals surface area contributed by atoms with E-state index in [0.29, 0.717) is 25.3 Å². The number of aromatic amines is 1. The Balaban J connectivity index is 1.40. The van der Waals surface area contributed by atoms with E-state index in [1.54, 1.807) is 18.2 Å². The quantitative estimate of drug-likeness (QED) is 0.699. The maximum absolute atomic E-state index is 14.1. The molecular weight excluding hydrogens is 365 g/mol. The maximum atomic E-state index is 14.1. The molecule has 0 bridgehead atoms. The third-order valence-corrected chi connectivity index (χ3v) is 5.04. The van der Waals surface area contributed by atoms with Crippen molar-refractivity contribution in [3.63, 3.8) is 0 Å². The zero-order valence-corrected chi connectivity index (χ0v) is 15.2. The fourth-order valence-corrected chi connectivity index (χ4v) is 3.55. The average molecular weight is 385 g/mol. The minimum Gasteiger partial charge on any atom is -0.341 e. The van der Waals surface area contributed by atoms with Crippen LogP contribution in [0.15, 0.2) is 41.7 Å². The Morgan fingerprint density at radius 1 is 1.25 bits per heavy atom. The first-order valence-electron chi connectivity index (χ1n) is 9.13. The number of amides is 1. The molecule has 146 valence electrons. The number of hydrogen-bond donors (Lipinski definition) is 1. The Kier molecular flexibility index (Phi) is 5.00. The number of H-pyrrole nitrogens is 1. The number of carbonyl (C=O) groups is 1. The molecule has 1 N–H and O–H groups in total. The summed E-state index contributed by atoms with van der Waals surface area (Å²) in [6.07, 6.45) is 5.05. The first-order chi connectivity index (χ1) is 13.6. The molecule has 0 saturated carbocycles. The molecule has 4 rings (SSSR count). The molecule has 0 atom stereocenters. The molecule has 1 fully saturated rings. The highest BCUT2D eigenvalue weighted by Crippen LogP contribution is 2.22. The average Bonchev–Trinajstić information content (AvgIpc) is 3.33. The van der Waals surface area contributed by atoms with Gasteiger partial charge in [-0.1, -0.05) is 12.1 Å². The van der Waals surface area contributed by atoms with E-state index in [0.717, 1.165) is 12.8 Å². The number of nitrogens with one attached hydrogen (secondary N) is 1. The zero-order valence-electron chi connectivity index (χ0n) is 15.2. The predicted molar refractivity (Wildman–Crippen MR) is 97.2 cm³/mol. The number of benzene rings is 1. The van der Waals surface area contributed by atoms with E-state index in [1.165, 1.54) is 28.0 Å². The highest BCUT2D eigenvalue weighted by Gasteiger charge is 2.25. The molecule has 0 aliphatic carbocycles. The first-order valence-corrected chi connectivity index (χ1v) is 9.13. The van der Waals surface area contributed by atoms with Gasteiger partial charge < -0.3 is 4.90 Å². The normalized spacial score (nSPS) is 15.1. The van der Waals surface area contributed by atoms with Crippen molar-refractivity contribution in [2.24, 2.45) is 5.92 Å². The van der Waals surface area contributed by atoms with Gasteiger partial charge >= 0.3 is 5.69 Å². The van der Waals surface area contributed by atoms with Gasteiger partial charge in [0.15, 0.2) is 0 Å². The van der Waals surface area contributed by atoms with Gasteiger partial charge in [0.25, 0.3) is 0 Å². The molecule has 1 aliphatic rings. The van der Waals surface area contributed by atoms with E-state index in [-0.39, 0.29) is 24.1 Å². The van der Waals surface area contributed by atoms with Crippen molar-refractivity contribution in [2.45, 2.75) is 25.8 Å². The minimum absolute atomic E-state index is 0.00647. The highest BCUT2D eigenvalue weighted by atomic mass is 19.1. The second kappa shape index (κ2) is 7.75. The van der Waals surface area contributed by atoms with Gasteiger partial charge in [-0.15, -0.1) is 0 Å². The van der Waals surface area contributed by atoms with E-state index >= 15 is 0 Å². The van der Waals surface area contributed by atoms with Crippen molar-refractivity contribution < 1.29 is 9.18 Å². The topological polar surface area (TPSA) is 102 Å². The predicted octanol–water partition coefficient (Wildman–Crippen LogP) is 0.773. The van der Waals surface area contributed by atoms with Crippen LogP contribution in [0.5, 0.6) is 0 Å². The standard InChI is InChI=1S/C18H20FN7O2/c19-14-3-1-2-4-15(14)26-16(22-23-18(26)28)9-13-5-7-24(8-6-13)17(27)10-25-12-20-11-21-25/h1-4,11-13H,5-10H2,(H,23,28). The molecule has 0 unspecified atom stereocenters. The second-order valence-corrected chi connectivity index (χ2v) is 6.85. The molecule has 1 amide bonds. The Bertz CT molecular complexity index is 1000. The van der Waals surface area contributed by atoms with E-state index in [9.17, 15) is 14.0 Å². The molecule has 3 heterocycles. The van der Waals surface area contributed by atoms with Gasteiger partial charge in [-0.05, 0) is 30.9 Å². The summed E-state index contributed by atoms with van der Waals surface area (Å²) in [5, 5.41) is 10.5. The lowest BCUT2D eigenvalue weighted by molar-refractivity contribution is -0.133. The van der Waals surface area contributed by atoms with Gasteiger partial charge in [0.05, 0.1) is 5.69 Å². The molecule has 1 aliphatic heterocycles. The van der Waals surface area contributed by atoms with Crippen molar-refractivity contribution in [1.82, 2.24) is 34.4 Å². The van der Waals surface area contributed by atoms with E-state index in [2.05, 4.69) is 20.3 Å². The smallest absolute Gasteiger partial charge is 0.341 e. The third-order valence-electron chi connectivity index (χ3n) is 5.04. The lowest BCUT2D eigenvalue weighted by Crippen LogP contribution is -2.40. The van der Waals surface area contributed by atoms with Crippen LogP contribution in [0, 0.1) is 11.7 Å². The van der Waals surface area contributed by atoms with Crippen molar-refractivity contribution in [1.29, 1.82) is 0 Å². The fourth-order valence-electron chi connectivity index (χ4n) is 3.55. The fraction of sp³-hybridized carbons (Fsp3) is 0.389. The van der Waals surface area contributed by atoms with Crippen LogP contribution in [-0.4, -0.2) is 53.4 Å². The number of carbonyl (C=O) groups excluding carboxylic acids is 1. The highest BCUT2D eigenvalue weighted by molar-refractivity contribution is 5.75. The van der Waals surface area contributed by atoms with Crippen LogP contribution in [0.1, 0.15) is 18.7 Å². The lowest BCUT2D eigenvalue weighted by Gasteiger charge is -2.31. The number of nitrogens with zero attached hydrogens (tertiary/aromatic N) is 6. The number of halogens is 1. The third kappa shape index (κ3) is 3.71. The molecule has 1 aromatic carbocycles. The Morgan fingerprint density at radius 3 is 2.75 bits per heavy atom. The maximum Gasteiger partial charge on any atom is 0.348 e. The molecular formula is C18H20FN7O2. The summed E-state index contributed by atoms with van der Waals surface area (Å²) >= 11 is 0. The van der Waals surface area contributed by atoms with Crippen molar-refractivity contribution in [2.75, 3.05) is 13.1 Å². The van der Waals surface area contributed by atoms with Crippen LogP contribution < -0.4 is 5.69 Å². The van der Waals surface area contributed by atoms with Crippen LogP contribution in [-0.2, 0) is 17.8 Å². The van der Waals surface area contributed by atoms with Crippen LogP contribution in [0.2, 0.25) is 0 Å². The summed E-state index contributed by atoms with van der Waals surface area (Å²) in [5.74, 6) is 0.298. The number of para-hydroxylation sites is 1. The number of aromatic nitrogens is 6. The van der Waals surface area contributed by atoms with E-state index in [1.807, 2.05) is 4.90 Å². The second-order valence-electron chi connectivity index (χ2n) is 6.85. The Hall–Kier alpha value is -3.30. The van der Waals surface area contributed by atoms with E-state index in [4.69, 9.17) is 0 Å². The number of piperidine rings is 1.